The van der Waals surface area contributed by atoms with Crippen LogP contribution in [0.4, 0.5) is 0 Å². The van der Waals surface area contributed by atoms with Crippen LogP contribution in [0.5, 0.6) is 11.5 Å². The van der Waals surface area contributed by atoms with Crippen LogP contribution in [-0.2, 0) is 19.1 Å². The topological polar surface area (TPSA) is 116 Å². The van der Waals surface area contributed by atoms with E-state index in [1.165, 1.54) is 31.3 Å². The van der Waals surface area contributed by atoms with E-state index in [-0.39, 0.29) is 42.2 Å². The van der Waals surface area contributed by atoms with E-state index in [2.05, 4.69) is 6.58 Å². The average molecular weight is 536 g/mol. The first-order valence-corrected chi connectivity index (χ1v) is 12.9. The van der Waals surface area contributed by atoms with Crippen LogP contribution in [-0.4, -0.2) is 54.7 Å². The number of likely N-dealkylation sites (tertiary alicyclic amines) is 1. The average Bonchev–Trinajstić information content (AvgIpc) is 3.16. The lowest BCUT2D eigenvalue weighted by Crippen LogP contribution is -2.26. The number of hydrogen-bond donors (Lipinski definition) is 0. The SMILES string of the molecule is C=C(C)C(=O)OCCCCCCOc1ccc(C(=O)Oc2ccc(C(=O)CC3CC(=O)N(C)C3=O)cc2)cc1. The number of amides is 2. The van der Waals surface area contributed by atoms with E-state index in [9.17, 15) is 24.0 Å². The zero-order valence-electron chi connectivity index (χ0n) is 22.3. The van der Waals surface area contributed by atoms with Crippen LogP contribution in [0.25, 0.3) is 0 Å². The number of unbranched alkanes of at least 4 members (excludes halogenated alkanes) is 3. The molecule has 1 heterocycles. The van der Waals surface area contributed by atoms with Crippen LogP contribution in [0.1, 0.15) is 66.2 Å². The lowest BCUT2D eigenvalue weighted by Gasteiger charge is -2.09. The summed E-state index contributed by atoms with van der Waals surface area (Å²) in [5.74, 6) is -1.52. The molecule has 3 rings (SSSR count). The fourth-order valence-corrected chi connectivity index (χ4v) is 3.93. The molecule has 0 bridgehead atoms. The number of Topliss-reactive ketones (excluding diaryl/α,β-unsaturated/α-hetero) is 1. The maximum Gasteiger partial charge on any atom is 0.343 e. The van der Waals surface area contributed by atoms with Gasteiger partial charge in [0.1, 0.15) is 11.5 Å². The molecule has 0 spiro atoms. The third-order valence-electron chi connectivity index (χ3n) is 6.27. The van der Waals surface area contributed by atoms with Crippen molar-refractivity contribution < 1.29 is 38.2 Å². The first-order chi connectivity index (χ1) is 18.7. The molecule has 9 heteroatoms. The van der Waals surface area contributed by atoms with E-state index >= 15 is 0 Å². The number of carbonyl (C=O) groups excluding carboxylic acids is 5. The van der Waals surface area contributed by atoms with Gasteiger partial charge in [-0.05, 0) is 81.1 Å². The molecule has 9 nitrogen and oxygen atoms in total. The zero-order valence-corrected chi connectivity index (χ0v) is 22.3. The third kappa shape index (κ3) is 8.63. The van der Waals surface area contributed by atoms with Crippen LogP contribution in [0.15, 0.2) is 60.7 Å². The zero-order chi connectivity index (χ0) is 28.4. The van der Waals surface area contributed by atoms with Gasteiger partial charge in [-0.25, -0.2) is 9.59 Å². The quantitative estimate of drug-likeness (QED) is 0.0864. The van der Waals surface area contributed by atoms with Gasteiger partial charge in [-0.1, -0.05) is 6.58 Å². The van der Waals surface area contributed by atoms with Gasteiger partial charge in [-0.15, -0.1) is 0 Å². The van der Waals surface area contributed by atoms with Crippen molar-refractivity contribution in [1.29, 1.82) is 0 Å². The number of ketones is 1. The highest BCUT2D eigenvalue weighted by Gasteiger charge is 2.37. The molecule has 1 aliphatic rings. The number of ether oxygens (including phenoxy) is 3. The molecule has 1 fully saturated rings. The molecule has 0 aliphatic carbocycles. The van der Waals surface area contributed by atoms with Gasteiger partial charge in [0, 0.05) is 31.0 Å². The Kier molecular flexibility index (Phi) is 10.5. The first kappa shape index (κ1) is 29.3. The molecule has 0 radical (unpaired) electrons. The predicted molar refractivity (Wildman–Crippen MR) is 142 cm³/mol. The summed E-state index contributed by atoms with van der Waals surface area (Å²) in [6.45, 7) is 6.07. The maximum absolute atomic E-state index is 12.5. The molecule has 0 aromatic heterocycles. The van der Waals surface area contributed by atoms with Gasteiger partial charge in [0.2, 0.25) is 11.8 Å². The molecule has 1 aliphatic heterocycles. The lowest BCUT2D eigenvalue weighted by molar-refractivity contribution is -0.139. The molecule has 206 valence electrons. The highest BCUT2D eigenvalue weighted by atomic mass is 16.5. The first-order valence-electron chi connectivity index (χ1n) is 12.9. The summed E-state index contributed by atoms with van der Waals surface area (Å²) in [7, 11) is 1.41. The second kappa shape index (κ2) is 14.0. The largest absolute Gasteiger partial charge is 0.494 e. The van der Waals surface area contributed by atoms with Crippen LogP contribution >= 0.6 is 0 Å². The Morgan fingerprint density at radius 1 is 0.872 bits per heavy atom. The summed E-state index contributed by atoms with van der Waals surface area (Å²) in [4.78, 5) is 61.1. The molecule has 0 saturated carbocycles. The fourth-order valence-electron chi connectivity index (χ4n) is 3.93. The number of carbonyl (C=O) groups is 5. The number of rotatable bonds is 14. The summed E-state index contributed by atoms with van der Waals surface area (Å²) in [6.07, 6.45) is 3.49. The smallest absolute Gasteiger partial charge is 0.343 e. The van der Waals surface area contributed by atoms with E-state index in [1.54, 1.807) is 31.2 Å². The maximum atomic E-state index is 12.5. The van der Waals surface area contributed by atoms with Gasteiger partial charge in [-0.2, -0.15) is 0 Å². The highest BCUT2D eigenvalue weighted by molar-refractivity contribution is 6.06. The number of esters is 2. The molecule has 2 amide bonds. The van der Waals surface area contributed by atoms with E-state index in [1.807, 2.05) is 0 Å². The van der Waals surface area contributed by atoms with Crippen molar-refractivity contribution in [1.82, 2.24) is 4.90 Å². The Balaban J connectivity index is 1.37. The Bertz CT molecular complexity index is 1220. The highest BCUT2D eigenvalue weighted by Crippen LogP contribution is 2.24. The van der Waals surface area contributed by atoms with Gasteiger partial charge in [0.25, 0.3) is 0 Å². The number of nitrogens with zero attached hydrogens (tertiary/aromatic N) is 1. The minimum absolute atomic E-state index is 0.0387. The molecule has 1 unspecified atom stereocenters. The van der Waals surface area contributed by atoms with Gasteiger partial charge in [0.15, 0.2) is 5.78 Å². The van der Waals surface area contributed by atoms with E-state index < -0.39 is 11.9 Å². The Hall–Kier alpha value is -4.27. The van der Waals surface area contributed by atoms with Gasteiger partial charge < -0.3 is 14.2 Å². The molecule has 1 atom stereocenters. The fraction of sp³-hybridized carbons (Fsp3) is 0.367. The molecule has 2 aromatic rings. The molecule has 2 aromatic carbocycles. The normalized spacial score (nSPS) is 14.7. The van der Waals surface area contributed by atoms with Gasteiger partial charge in [0.05, 0.1) is 24.7 Å². The third-order valence-corrected chi connectivity index (χ3v) is 6.27. The summed E-state index contributed by atoms with van der Waals surface area (Å²) >= 11 is 0. The minimum atomic E-state index is -0.635. The second-order valence-electron chi connectivity index (χ2n) is 9.44. The van der Waals surface area contributed by atoms with Crippen molar-refractivity contribution in [2.24, 2.45) is 5.92 Å². The predicted octanol–water partition coefficient (Wildman–Crippen LogP) is 4.54. The van der Waals surface area contributed by atoms with Crippen LogP contribution in [0.2, 0.25) is 0 Å². The van der Waals surface area contributed by atoms with E-state index in [0.29, 0.717) is 35.7 Å². The van der Waals surface area contributed by atoms with Crippen molar-refractivity contribution >= 4 is 29.5 Å². The Labute approximate surface area is 227 Å². The summed E-state index contributed by atoms with van der Waals surface area (Å²) in [5, 5.41) is 0. The number of imide groups is 1. The molecular weight excluding hydrogens is 502 g/mol. The monoisotopic (exact) mass is 535 g/mol. The molecule has 39 heavy (non-hydrogen) atoms. The lowest BCUT2D eigenvalue weighted by atomic mass is 9.97. The molecular formula is C30H33NO8. The second-order valence-corrected chi connectivity index (χ2v) is 9.44. The Morgan fingerprint density at radius 2 is 1.46 bits per heavy atom. The van der Waals surface area contributed by atoms with Crippen molar-refractivity contribution in [2.75, 3.05) is 20.3 Å². The summed E-state index contributed by atoms with van der Waals surface area (Å²) in [5.41, 5.74) is 1.12. The number of benzene rings is 2. The van der Waals surface area contributed by atoms with Gasteiger partial charge >= 0.3 is 11.9 Å². The van der Waals surface area contributed by atoms with E-state index in [0.717, 1.165) is 30.6 Å². The Morgan fingerprint density at radius 3 is 2.05 bits per heavy atom. The molecule has 0 N–H and O–H groups in total. The summed E-state index contributed by atoms with van der Waals surface area (Å²) in [6, 6.07) is 12.7. The molecule has 1 saturated heterocycles. The van der Waals surface area contributed by atoms with Gasteiger partial charge in [-0.3, -0.25) is 19.3 Å². The summed E-state index contributed by atoms with van der Waals surface area (Å²) < 4.78 is 16.2. The van der Waals surface area contributed by atoms with E-state index in [4.69, 9.17) is 14.2 Å². The van der Waals surface area contributed by atoms with Crippen molar-refractivity contribution in [3.63, 3.8) is 0 Å². The van der Waals surface area contributed by atoms with Crippen LogP contribution in [0.3, 0.4) is 0 Å². The standard InChI is InChI=1S/C30H33NO8/c1-20(2)29(35)38-17-7-5-4-6-16-37-24-12-10-22(11-13-24)30(36)39-25-14-8-21(9-15-25)26(32)18-23-19-27(33)31(3)28(23)34/h8-15,23H,1,4-7,16-19H2,2-3H3. The van der Waals surface area contributed by atoms with Crippen LogP contribution < -0.4 is 9.47 Å². The number of hydrogen-bond acceptors (Lipinski definition) is 8. The van der Waals surface area contributed by atoms with Crippen LogP contribution in [0, 0.1) is 5.92 Å². The van der Waals surface area contributed by atoms with Crippen molar-refractivity contribution in [2.45, 2.75) is 45.4 Å². The van der Waals surface area contributed by atoms with Crippen molar-refractivity contribution in [3.8, 4) is 11.5 Å². The van der Waals surface area contributed by atoms with Crippen molar-refractivity contribution in [3.05, 3.63) is 71.8 Å². The minimum Gasteiger partial charge on any atom is -0.494 e.